The van der Waals surface area contributed by atoms with Crippen molar-refractivity contribution in [2.45, 2.75) is 25.8 Å². The summed E-state index contributed by atoms with van der Waals surface area (Å²) in [5.41, 5.74) is 9.50. The minimum absolute atomic E-state index is 0.00747. The van der Waals surface area contributed by atoms with Crippen LogP contribution in [0.25, 0.3) is 10.9 Å². The summed E-state index contributed by atoms with van der Waals surface area (Å²) < 4.78 is 29.3. The molecule has 4 N–H and O–H groups in total. The van der Waals surface area contributed by atoms with E-state index in [1.54, 1.807) is 4.57 Å². The first-order valence-corrected chi connectivity index (χ1v) is 6.98. The predicted molar refractivity (Wildman–Crippen MR) is 79.1 cm³/mol. The molecule has 1 aliphatic heterocycles. The van der Waals surface area contributed by atoms with Gasteiger partial charge in [-0.3, -0.25) is 9.59 Å². The molecule has 1 aromatic carbocycles. The number of primary amides is 1. The van der Waals surface area contributed by atoms with Crippen LogP contribution in [0, 0.1) is 11.6 Å². The molecule has 22 heavy (non-hydrogen) atoms. The van der Waals surface area contributed by atoms with Gasteiger partial charge in [0.05, 0.1) is 16.6 Å². The molecule has 0 aliphatic carbocycles. The Morgan fingerprint density at radius 1 is 1.36 bits per heavy atom. The lowest BCUT2D eigenvalue weighted by molar-refractivity contribution is 0.0998. The van der Waals surface area contributed by atoms with Gasteiger partial charge in [-0.15, -0.1) is 0 Å². The lowest BCUT2D eigenvalue weighted by Gasteiger charge is -2.19. The number of fused-ring (bicyclic) bond motifs is 3. The lowest BCUT2D eigenvalue weighted by Crippen LogP contribution is -2.28. The second kappa shape index (κ2) is 4.67. The third kappa shape index (κ3) is 1.68. The van der Waals surface area contributed by atoms with Crippen LogP contribution in [0.15, 0.2) is 4.79 Å². The molecule has 0 radical (unpaired) electrons. The number of anilines is 1. The van der Waals surface area contributed by atoms with Crippen LogP contribution in [-0.2, 0) is 6.42 Å². The number of rotatable bonds is 1. The van der Waals surface area contributed by atoms with Gasteiger partial charge >= 0.3 is 0 Å². The molecule has 1 aromatic heterocycles. The molecule has 0 bridgehead atoms. The highest BCUT2D eigenvalue weighted by atomic mass is 35.5. The number of aromatic nitrogens is 1. The number of nitrogen functional groups attached to an aromatic ring is 1. The number of benzene rings is 1. The first-order valence-electron chi connectivity index (χ1n) is 6.60. The minimum atomic E-state index is -1.41. The molecule has 0 saturated carbocycles. The highest BCUT2D eigenvalue weighted by molar-refractivity contribution is 6.36. The molecular formula is C14H12ClF2N3O2. The number of nitrogens with zero attached hydrogens (tertiary/aromatic N) is 1. The van der Waals surface area contributed by atoms with Crippen molar-refractivity contribution in [3.8, 4) is 0 Å². The Kier molecular flexibility index (Phi) is 3.14. The summed E-state index contributed by atoms with van der Waals surface area (Å²) in [6, 6.07) is -0.155. The molecule has 1 atom stereocenters. The summed E-state index contributed by atoms with van der Waals surface area (Å²) in [5.74, 6) is -3.65. The molecule has 0 unspecified atom stereocenters. The van der Waals surface area contributed by atoms with Gasteiger partial charge in [-0.25, -0.2) is 8.78 Å². The van der Waals surface area contributed by atoms with Gasteiger partial charge in [-0.2, -0.15) is 0 Å². The molecule has 0 saturated heterocycles. The maximum Gasteiger partial charge on any atom is 0.254 e. The molecule has 116 valence electrons. The molecule has 0 spiro atoms. The summed E-state index contributed by atoms with van der Waals surface area (Å²) in [6.45, 7) is 1.82. The van der Waals surface area contributed by atoms with Gasteiger partial charge in [0.25, 0.3) is 5.91 Å². The highest BCUT2D eigenvalue weighted by Gasteiger charge is 2.32. The van der Waals surface area contributed by atoms with Crippen molar-refractivity contribution in [2.75, 3.05) is 5.73 Å². The minimum Gasteiger partial charge on any atom is -0.396 e. The largest absolute Gasteiger partial charge is 0.396 e. The average Bonchev–Trinajstić information content (AvgIpc) is 2.82. The third-order valence-corrected chi connectivity index (χ3v) is 4.44. The molecular weight excluding hydrogens is 316 g/mol. The van der Waals surface area contributed by atoms with E-state index in [9.17, 15) is 18.4 Å². The molecule has 5 nitrogen and oxygen atoms in total. The fourth-order valence-electron chi connectivity index (χ4n) is 3.09. The summed E-state index contributed by atoms with van der Waals surface area (Å²) in [7, 11) is 0. The van der Waals surface area contributed by atoms with Crippen LogP contribution < -0.4 is 16.9 Å². The van der Waals surface area contributed by atoms with Gasteiger partial charge in [0.1, 0.15) is 10.6 Å². The molecule has 2 heterocycles. The van der Waals surface area contributed by atoms with Crippen LogP contribution in [-0.4, -0.2) is 10.5 Å². The zero-order valence-electron chi connectivity index (χ0n) is 11.5. The van der Waals surface area contributed by atoms with E-state index in [0.717, 1.165) is 0 Å². The molecule has 0 fully saturated rings. The maximum absolute atomic E-state index is 13.9. The van der Waals surface area contributed by atoms with Crippen molar-refractivity contribution < 1.29 is 13.6 Å². The number of amides is 1. The van der Waals surface area contributed by atoms with Crippen molar-refractivity contribution in [1.29, 1.82) is 0 Å². The highest BCUT2D eigenvalue weighted by Crippen LogP contribution is 2.38. The van der Waals surface area contributed by atoms with E-state index in [2.05, 4.69) is 0 Å². The van der Waals surface area contributed by atoms with Crippen molar-refractivity contribution in [1.82, 2.24) is 4.57 Å². The maximum atomic E-state index is 13.9. The smallest absolute Gasteiger partial charge is 0.254 e. The molecule has 1 amide bonds. The van der Waals surface area contributed by atoms with Gasteiger partial charge in [0, 0.05) is 11.7 Å². The van der Waals surface area contributed by atoms with E-state index in [4.69, 9.17) is 23.1 Å². The van der Waals surface area contributed by atoms with E-state index in [-0.39, 0.29) is 22.5 Å². The summed E-state index contributed by atoms with van der Waals surface area (Å²) in [4.78, 5) is 24.2. The van der Waals surface area contributed by atoms with Crippen LogP contribution >= 0.6 is 11.6 Å². The Morgan fingerprint density at radius 3 is 2.59 bits per heavy atom. The lowest BCUT2D eigenvalue weighted by atomic mass is 10.0. The van der Waals surface area contributed by atoms with Gasteiger partial charge in [-0.05, 0) is 19.8 Å². The zero-order valence-corrected chi connectivity index (χ0v) is 12.3. The monoisotopic (exact) mass is 327 g/mol. The number of carbonyl (C=O) groups excluding carboxylic acids is 1. The zero-order chi connectivity index (χ0) is 16.3. The van der Waals surface area contributed by atoms with E-state index in [1.807, 2.05) is 6.92 Å². The van der Waals surface area contributed by atoms with Gasteiger partial charge in [0.2, 0.25) is 5.43 Å². The quantitative estimate of drug-likeness (QED) is 0.621. The summed E-state index contributed by atoms with van der Waals surface area (Å²) in [6.07, 6.45) is 1.04. The predicted octanol–water partition coefficient (Wildman–Crippen LogP) is 2.12. The van der Waals surface area contributed by atoms with Gasteiger partial charge < -0.3 is 16.0 Å². The van der Waals surface area contributed by atoms with Crippen LogP contribution in [0.2, 0.25) is 5.02 Å². The van der Waals surface area contributed by atoms with Gasteiger partial charge in [0.15, 0.2) is 11.6 Å². The molecule has 2 aromatic rings. The van der Waals surface area contributed by atoms with Crippen molar-refractivity contribution in [3.63, 3.8) is 0 Å². The summed E-state index contributed by atoms with van der Waals surface area (Å²) in [5, 5.41) is -0.833. The first kappa shape index (κ1) is 14.8. The van der Waals surface area contributed by atoms with E-state index in [0.29, 0.717) is 18.5 Å². The number of hydrogen-bond donors (Lipinski definition) is 2. The molecule has 3 rings (SSSR count). The van der Waals surface area contributed by atoms with Crippen molar-refractivity contribution in [3.05, 3.63) is 38.1 Å². The second-order valence-electron chi connectivity index (χ2n) is 5.35. The van der Waals surface area contributed by atoms with Crippen LogP contribution in [0.5, 0.6) is 0 Å². The fraction of sp³-hybridized carbons (Fsp3) is 0.286. The topological polar surface area (TPSA) is 91.1 Å². The third-order valence-electron chi connectivity index (χ3n) is 4.10. The Morgan fingerprint density at radius 2 is 2.00 bits per heavy atom. The number of halogens is 3. The molecule has 8 heteroatoms. The van der Waals surface area contributed by atoms with Crippen LogP contribution in [0.3, 0.4) is 0 Å². The van der Waals surface area contributed by atoms with Crippen LogP contribution in [0.4, 0.5) is 14.5 Å². The van der Waals surface area contributed by atoms with E-state index >= 15 is 0 Å². The Bertz CT molecular complexity index is 908. The fourth-order valence-corrected chi connectivity index (χ4v) is 3.36. The number of hydrogen-bond acceptors (Lipinski definition) is 3. The van der Waals surface area contributed by atoms with E-state index in [1.165, 1.54) is 0 Å². The standard InChI is InChI=1S/C14H12ClF2N3O2/c1-4-2-3-5-6(14(19)22)13(21)7-11(18)10(17)9(16)8(15)12(7)20(4)5/h4H,2-3,18H2,1H3,(H2,19,22)/t4-/m1/s1. The normalized spacial score (nSPS) is 17.0. The van der Waals surface area contributed by atoms with E-state index < -0.39 is 33.7 Å². The Balaban J connectivity index is 2.70. The average molecular weight is 328 g/mol. The Labute approximate surface area is 128 Å². The SMILES string of the molecule is C[C@@H]1CCc2c(C(N)=O)c(=O)c3c(N)c(F)c(F)c(Cl)c3n21. The van der Waals surface area contributed by atoms with Gasteiger partial charge in [-0.1, -0.05) is 11.6 Å². The number of nitrogens with two attached hydrogens (primary N) is 2. The summed E-state index contributed by atoms with van der Waals surface area (Å²) >= 11 is 5.91. The number of carbonyl (C=O) groups is 1. The van der Waals surface area contributed by atoms with Crippen molar-refractivity contribution >= 4 is 34.1 Å². The van der Waals surface area contributed by atoms with Crippen molar-refractivity contribution in [2.24, 2.45) is 5.73 Å². The first-order chi connectivity index (χ1) is 10.3. The Hall–Kier alpha value is -2.15. The van der Waals surface area contributed by atoms with Crippen LogP contribution in [0.1, 0.15) is 35.4 Å². The second-order valence-corrected chi connectivity index (χ2v) is 5.73. The number of pyridine rings is 1. The molecule has 1 aliphatic rings.